The average molecular weight is 337 g/mol. The Hall–Kier alpha value is -2.38. The summed E-state index contributed by atoms with van der Waals surface area (Å²) >= 11 is 5.91. The molecule has 0 aliphatic carbocycles. The highest BCUT2D eigenvalue weighted by Gasteiger charge is 2.23. The molecular formula is C15H17ClN4O3. The van der Waals surface area contributed by atoms with E-state index < -0.39 is 0 Å². The fourth-order valence-corrected chi connectivity index (χ4v) is 2.39. The van der Waals surface area contributed by atoms with Crippen molar-refractivity contribution in [3.63, 3.8) is 0 Å². The number of ether oxygens (including phenoxy) is 1. The van der Waals surface area contributed by atoms with Gasteiger partial charge < -0.3 is 20.5 Å². The second kappa shape index (κ2) is 8.30. The van der Waals surface area contributed by atoms with Crippen molar-refractivity contribution in [1.29, 1.82) is 0 Å². The Morgan fingerprint density at radius 2 is 2.04 bits per heavy atom. The third kappa shape index (κ3) is 4.80. The number of nitrogens with two attached hydrogens (primary N) is 1. The van der Waals surface area contributed by atoms with Crippen LogP contribution in [0.15, 0.2) is 36.7 Å². The number of benzene rings is 1. The van der Waals surface area contributed by atoms with Gasteiger partial charge in [-0.05, 0) is 17.7 Å². The molecule has 1 fully saturated rings. The molecule has 0 amide bonds. The van der Waals surface area contributed by atoms with Crippen molar-refractivity contribution in [2.24, 2.45) is 0 Å². The summed E-state index contributed by atoms with van der Waals surface area (Å²) in [5, 5.41) is 7.61. The molecule has 0 radical (unpaired) electrons. The van der Waals surface area contributed by atoms with E-state index in [4.69, 9.17) is 32.0 Å². The number of aromatic nitrogens is 2. The largest absolute Gasteiger partial charge is 0.483 e. The Kier molecular flexibility index (Phi) is 6.13. The lowest BCUT2D eigenvalue weighted by Crippen LogP contribution is -2.39. The van der Waals surface area contributed by atoms with Crippen molar-refractivity contribution in [2.45, 2.75) is 6.10 Å². The minimum absolute atomic E-state index is 0.00393. The van der Waals surface area contributed by atoms with Gasteiger partial charge in [-0.1, -0.05) is 23.7 Å². The van der Waals surface area contributed by atoms with Crippen LogP contribution >= 0.6 is 11.6 Å². The fraction of sp³-hybridized carbons (Fsp3) is 0.267. The van der Waals surface area contributed by atoms with Crippen LogP contribution in [0.3, 0.4) is 0 Å². The Labute approximate surface area is 138 Å². The van der Waals surface area contributed by atoms with Gasteiger partial charge in [0, 0.05) is 18.1 Å². The monoisotopic (exact) mass is 336 g/mol. The molecule has 1 aromatic heterocycles. The van der Waals surface area contributed by atoms with Crippen LogP contribution in [0.1, 0.15) is 11.7 Å². The van der Waals surface area contributed by atoms with Gasteiger partial charge in [-0.15, -0.1) is 0 Å². The predicted molar refractivity (Wildman–Crippen MR) is 87.5 cm³/mol. The molecule has 2 heterocycles. The molecule has 3 N–H and O–H groups in total. The molecule has 1 atom stereocenters. The van der Waals surface area contributed by atoms with Crippen molar-refractivity contribution >= 4 is 29.7 Å². The first-order chi connectivity index (χ1) is 11.1. The van der Waals surface area contributed by atoms with Crippen molar-refractivity contribution < 1.29 is 14.6 Å². The van der Waals surface area contributed by atoms with Gasteiger partial charge in [0.15, 0.2) is 0 Å². The highest BCUT2D eigenvalue weighted by atomic mass is 35.5. The molecule has 1 unspecified atom stereocenters. The van der Waals surface area contributed by atoms with Crippen LogP contribution in [0.25, 0.3) is 0 Å². The number of anilines is 2. The first-order valence-corrected chi connectivity index (χ1v) is 7.29. The Morgan fingerprint density at radius 1 is 1.35 bits per heavy atom. The predicted octanol–water partition coefficient (Wildman–Crippen LogP) is 1.99. The molecule has 0 bridgehead atoms. The van der Waals surface area contributed by atoms with Crippen LogP contribution in [-0.4, -0.2) is 41.2 Å². The smallest absolute Gasteiger partial charge is 0.290 e. The maximum Gasteiger partial charge on any atom is 0.290 e. The lowest BCUT2D eigenvalue weighted by Gasteiger charge is -2.33. The number of hydrogen-bond donors (Lipinski definition) is 2. The van der Waals surface area contributed by atoms with Gasteiger partial charge in [-0.3, -0.25) is 9.78 Å². The van der Waals surface area contributed by atoms with Gasteiger partial charge >= 0.3 is 0 Å². The summed E-state index contributed by atoms with van der Waals surface area (Å²) in [6.45, 7) is 1.89. The van der Waals surface area contributed by atoms with Crippen molar-refractivity contribution in [1.82, 2.24) is 9.97 Å². The molecule has 1 aliphatic rings. The maximum absolute atomic E-state index is 8.36. The summed E-state index contributed by atoms with van der Waals surface area (Å²) in [4.78, 5) is 18.9. The van der Waals surface area contributed by atoms with E-state index in [2.05, 4.69) is 14.9 Å². The normalized spacial score (nSPS) is 17.1. The standard InChI is InChI=1S/C14H15ClN4O.CH2O2/c15-11-3-1-10(2-4-11)12-9-19(5-6-20-12)14-8-17-7-13(16)18-14;2-1-3/h1-4,7-8,12H,5-6,9H2,(H2,16,18);1H,(H,2,3). The minimum Gasteiger partial charge on any atom is -0.483 e. The van der Waals surface area contributed by atoms with Crippen LogP contribution in [0.4, 0.5) is 11.6 Å². The van der Waals surface area contributed by atoms with Gasteiger partial charge in [0.05, 0.1) is 19.0 Å². The molecular weight excluding hydrogens is 320 g/mol. The Balaban J connectivity index is 0.000000595. The third-order valence-electron chi connectivity index (χ3n) is 3.27. The summed E-state index contributed by atoms with van der Waals surface area (Å²) in [6, 6.07) is 7.72. The van der Waals surface area contributed by atoms with Gasteiger partial charge in [0.2, 0.25) is 0 Å². The van der Waals surface area contributed by atoms with Crippen LogP contribution < -0.4 is 10.6 Å². The number of halogens is 1. The van der Waals surface area contributed by atoms with E-state index in [0.29, 0.717) is 12.4 Å². The zero-order chi connectivity index (χ0) is 16.7. The molecule has 1 saturated heterocycles. The number of hydrogen-bond acceptors (Lipinski definition) is 6. The molecule has 3 rings (SSSR count). The van der Waals surface area contributed by atoms with Crippen molar-refractivity contribution in [2.75, 3.05) is 30.3 Å². The average Bonchev–Trinajstić information content (AvgIpc) is 2.56. The summed E-state index contributed by atoms with van der Waals surface area (Å²) in [5.41, 5.74) is 6.79. The van der Waals surface area contributed by atoms with Crippen molar-refractivity contribution in [3.05, 3.63) is 47.2 Å². The summed E-state index contributed by atoms with van der Waals surface area (Å²) in [7, 11) is 0. The molecule has 23 heavy (non-hydrogen) atoms. The second-order valence-electron chi connectivity index (χ2n) is 4.76. The number of morpholine rings is 1. The van der Waals surface area contributed by atoms with Gasteiger partial charge in [-0.2, -0.15) is 0 Å². The molecule has 2 aromatic rings. The molecule has 0 spiro atoms. The number of carboxylic acid groups (broad SMARTS) is 1. The first kappa shape index (κ1) is 17.0. The highest BCUT2D eigenvalue weighted by molar-refractivity contribution is 6.30. The zero-order valence-corrected chi connectivity index (χ0v) is 13.1. The highest BCUT2D eigenvalue weighted by Crippen LogP contribution is 2.26. The minimum atomic E-state index is -0.250. The number of rotatable bonds is 2. The summed E-state index contributed by atoms with van der Waals surface area (Å²) in [6.07, 6.45) is 3.27. The van der Waals surface area contributed by atoms with E-state index in [1.165, 1.54) is 0 Å². The maximum atomic E-state index is 8.36. The molecule has 0 saturated carbocycles. The number of carbonyl (C=O) groups is 1. The zero-order valence-electron chi connectivity index (χ0n) is 12.3. The summed E-state index contributed by atoms with van der Waals surface area (Å²) < 4.78 is 5.82. The Bertz CT molecular complexity index is 639. The van der Waals surface area contributed by atoms with Crippen LogP contribution in [0, 0.1) is 0 Å². The first-order valence-electron chi connectivity index (χ1n) is 6.91. The van der Waals surface area contributed by atoms with E-state index in [1.807, 2.05) is 24.3 Å². The fourth-order valence-electron chi connectivity index (χ4n) is 2.26. The van der Waals surface area contributed by atoms with Crippen LogP contribution in [0.5, 0.6) is 0 Å². The lowest BCUT2D eigenvalue weighted by molar-refractivity contribution is -0.122. The SMILES string of the molecule is Nc1cncc(N2CCOC(c3ccc(Cl)cc3)C2)n1.O=CO. The lowest BCUT2D eigenvalue weighted by atomic mass is 10.1. The van der Waals surface area contributed by atoms with Gasteiger partial charge in [-0.25, -0.2) is 4.98 Å². The van der Waals surface area contributed by atoms with Gasteiger partial charge in [0.25, 0.3) is 6.47 Å². The van der Waals surface area contributed by atoms with Crippen LogP contribution in [0.2, 0.25) is 5.02 Å². The molecule has 8 heteroatoms. The van der Waals surface area contributed by atoms with E-state index in [1.54, 1.807) is 12.4 Å². The molecule has 7 nitrogen and oxygen atoms in total. The number of nitrogens with zero attached hydrogens (tertiary/aromatic N) is 3. The van der Waals surface area contributed by atoms with E-state index in [0.717, 1.165) is 29.5 Å². The Morgan fingerprint density at radius 3 is 2.70 bits per heavy atom. The van der Waals surface area contributed by atoms with E-state index >= 15 is 0 Å². The second-order valence-corrected chi connectivity index (χ2v) is 5.20. The topological polar surface area (TPSA) is 102 Å². The number of nitrogen functional groups attached to an aromatic ring is 1. The quantitative estimate of drug-likeness (QED) is 0.808. The molecule has 1 aliphatic heterocycles. The van der Waals surface area contributed by atoms with Crippen molar-refractivity contribution in [3.8, 4) is 0 Å². The summed E-state index contributed by atoms with van der Waals surface area (Å²) in [5.74, 6) is 1.21. The van der Waals surface area contributed by atoms with Crippen LogP contribution in [-0.2, 0) is 9.53 Å². The molecule has 1 aromatic carbocycles. The van der Waals surface area contributed by atoms with E-state index in [9.17, 15) is 0 Å². The van der Waals surface area contributed by atoms with Gasteiger partial charge in [0.1, 0.15) is 17.7 Å². The molecule has 122 valence electrons. The third-order valence-corrected chi connectivity index (χ3v) is 3.52. The van der Waals surface area contributed by atoms with E-state index in [-0.39, 0.29) is 12.6 Å².